The van der Waals surface area contributed by atoms with Crippen LogP contribution < -0.4 is 5.73 Å². The summed E-state index contributed by atoms with van der Waals surface area (Å²) in [7, 11) is 0. The van der Waals surface area contributed by atoms with Crippen molar-refractivity contribution >= 4 is 23.2 Å². The Morgan fingerprint density at radius 1 is 1.00 bits per heavy atom. The van der Waals surface area contributed by atoms with Gasteiger partial charge in [0.1, 0.15) is 5.75 Å². The number of fused-ring (bicyclic) bond motifs is 1. The number of benzene rings is 2. The standard InChI is InChI=1S/C15H19NO.ClH/c1-15(2,3)14(16)12-5-4-11-9-13(17)7-6-10(11)8-12;/h4-9,14,17H,16H2,1-3H3;1H/t14-;/m0./s1. The molecule has 0 radical (unpaired) electrons. The van der Waals surface area contributed by atoms with Gasteiger partial charge in [-0.05, 0) is 39.9 Å². The third-order valence-corrected chi connectivity index (χ3v) is 3.14. The first kappa shape index (κ1) is 14.8. The lowest BCUT2D eigenvalue weighted by Gasteiger charge is -2.27. The maximum Gasteiger partial charge on any atom is 0.116 e. The lowest BCUT2D eigenvalue weighted by molar-refractivity contribution is 0.327. The van der Waals surface area contributed by atoms with Crippen LogP contribution in [0.3, 0.4) is 0 Å². The molecule has 0 spiro atoms. The van der Waals surface area contributed by atoms with Crippen molar-refractivity contribution in [1.82, 2.24) is 0 Å². The van der Waals surface area contributed by atoms with E-state index < -0.39 is 0 Å². The van der Waals surface area contributed by atoms with E-state index in [4.69, 9.17) is 5.73 Å². The minimum atomic E-state index is 0. The zero-order valence-electron chi connectivity index (χ0n) is 11.0. The monoisotopic (exact) mass is 265 g/mol. The number of aromatic hydroxyl groups is 1. The van der Waals surface area contributed by atoms with E-state index in [-0.39, 0.29) is 23.9 Å². The van der Waals surface area contributed by atoms with E-state index in [1.807, 2.05) is 18.2 Å². The van der Waals surface area contributed by atoms with Crippen molar-refractivity contribution in [2.75, 3.05) is 0 Å². The topological polar surface area (TPSA) is 46.2 Å². The van der Waals surface area contributed by atoms with Gasteiger partial charge < -0.3 is 10.8 Å². The van der Waals surface area contributed by atoms with E-state index in [2.05, 4.69) is 26.8 Å². The first-order valence-corrected chi connectivity index (χ1v) is 5.86. The zero-order valence-corrected chi connectivity index (χ0v) is 11.8. The summed E-state index contributed by atoms with van der Waals surface area (Å²) in [5, 5.41) is 11.6. The van der Waals surface area contributed by atoms with Crippen molar-refractivity contribution < 1.29 is 5.11 Å². The van der Waals surface area contributed by atoms with Gasteiger partial charge in [-0.25, -0.2) is 0 Å². The molecule has 2 aromatic rings. The first-order valence-electron chi connectivity index (χ1n) is 5.86. The fraction of sp³-hybridized carbons (Fsp3) is 0.333. The molecular weight excluding hydrogens is 246 g/mol. The van der Waals surface area contributed by atoms with Crippen LogP contribution in [0.25, 0.3) is 10.8 Å². The molecule has 98 valence electrons. The molecule has 0 aliphatic rings. The van der Waals surface area contributed by atoms with Gasteiger partial charge in [-0.3, -0.25) is 0 Å². The number of hydrogen-bond donors (Lipinski definition) is 2. The molecule has 0 heterocycles. The molecule has 0 aliphatic carbocycles. The van der Waals surface area contributed by atoms with Crippen LogP contribution >= 0.6 is 12.4 Å². The number of rotatable bonds is 1. The fourth-order valence-corrected chi connectivity index (χ4v) is 1.95. The lowest BCUT2D eigenvalue weighted by Crippen LogP contribution is -2.26. The molecule has 0 aliphatic heterocycles. The highest BCUT2D eigenvalue weighted by Gasteiger charge is 2.22. The van der Waals surface area contributed by atoms with Gasteiger partial charge in [0, 0.05) is 6.04 Å². The van der Waals surface area contributed by atoms with Gasteiger partial charge in [0.15, 0.2) is 0 Å². The van der Waals surface area contributed by atoms with Crippen LogP contribution in [0.15, 0.2) is 36.4 Å². The number of phenolic OH excluding ortho intramolecular Hbond substituents is 1. The Labute approximate surface area is 114 Å². The summed E-state index contributed by atoms with van der Waals surface area (Å²) >= 11 is 0. The van der Waals surface area contributed by atoms with Crippen LogP contribution in [0.4, 0.5) is 0 Å². The molecule has 2 nitrogen and oxygen atoms in total. The highest BCUT2D eigenvalue weighted by Crippen LogP contribution is 2.32. The number of hydrogen-bond acceptors (Lipinski definition) is 2. The highest BCUT2D eigenvalue weighted by molar-refractivity contribution is 5.85. The van der Waals surface area contributed by atoms with Gasteiger partial charge in [-0.15, -0.1) is 12.4 Å². The summed E-state index contributed by atoms with van der Waals surface area (Å²) in [4.78, 5) is 0. The predicted octanol–water partition coefficient (Wildman–Crippen LogP) is 4.01. The quantitative estimate of drug-likeness (QED) is 0.818. The Bertz CT molecular complexity index is 546. The summed E-state index contributed by atoms with van der Waals surface area (Å²) < 4.78 is 0. The molecule has 0 unspecified atom stereocenters. The maximum absolute atomic E-state index is 9.41. The van der Waals surface area contributed by atoms with Gasteiger partial charge in [0.05, 0.1) is 0 Å². The second-order valence-electron chi connectivity index (χ2n) is 5.63. The molecule has 0 aromatic heterocycles. The van der Waals surface area contributed by atoms with E-state index in [1.54, 1.807) is 12.1 Å². The molecule has 2 aromatic carbocycles. The van der Waals surface area contributed by atoms with E-state index >= 15 is 0 Å². The SMILES string of the molecule is CC(C)(C)[C@@H](N)c1ccc2cc(O)ccc2c1.Cl. The minimum absolute atomic E-state index is 0. The Hall–Kier alpha value is -1.25. The summed E-state index contributed by atoms with van der Waals surface area (Å²) in [6, 6.07) is 11.6. The van der Waals surface area contributed by atoms with Crippen LogP contribution in [0.5, 0.6) is 5.75 Å². The third kappa shape index (κ3) is 2.95. The number of nitrogens with two attached hydrogens (primary N) is 1. The molecule has 0 bridgehead atoms. The highest BCUT2D eigenvalue weighted by atomic mass is 35.5. The number of halogens is 1. The van der Waals surface area contributed by atoms with Crippen LogP contribution in [-0.2, 0) is 0 Å². The molecule has 0 saturated heterocycles. The van der Waals surface area contributed by atoms with Crippen molar-refractivity contribution in [3.63, 3.8) is 0 Å². The summed E-state index contributed by atoms with van der Waals surface area (Å²) in [5.74, 6) is 0.297. The molecule has 3 heteroatoms. The van der Waals surface area contributed by atoms with E-state index in [0.717, 1.165) is 16.3 Å². The van der Waals surface area contributed by atoms with E-state index in [0.29, 0.717) is 5.75 Å². The normalized spacial score (nSPS) is 13.1. The molecule has 3 N–H and O–H groups in total. The molecule has 2 rings (SSSR count). The van der Waals surface area contributed by atoms with Crippen molar-refractivity contribution in [2.24, 2.45) is 11.1 Å². The van der Waals surface area contributed by atoms with Crippen LogP contribution in [-0.4, -0.2) is 5.11 Å². The van der Waals surface area contributed by atoms with Crippen LogP contribution in [0.1, 0.15) is 32.4 Å². The average molecular weight is 266 g/mol. The predicted molar refractivity (Wildman–Crippen MR) is 79.2 cm³/mol. The maximum atomic E-state index is 9.41. The summed E-state index contributed by atoms with van der Waals surface area (Å²) in [5.41, 5.74) is 7.42. The Kier molecular flexibility index (Phi) is 4.25. The Morgan fingerprint density at radius 2 is 1.56 bits per heavy atom. The van der Waals surface area contributed by atoms with Crippen molar-refractivity contribution in [1.29, 1.82) is 0 Å². The second kappa shape index (κ2) is 5.17. The van der Waals surface area contributed by atoms with Crippen LogP contribution in [0, 0.1) is 5.41 Å². The Morgan fingerprint density at radius 3 is 2.17 bits per heavy atom. The van der Waals surface area contributed by atoms with Gasteiger partial charge in [0.2, 0.25) is 0 Å². The lowest BCUT2D eigenvalue weighted by atomic mass is 9.82. The van der Waals surface area contributed by atoms with Crippen molar-refractivity contribution in [3.8, 4) is 5.75 Å². The van der Waals surface area contributed by atoms with Crippen molar-refractivity contribution in [3.05, 3.63) is 42.0 Å². The van der Waals surface area contributed by atoms with Gasteiger partial charge in [-0.2, -0.15) is 0 Å². The van der Waals surface area contributed by atoms with Crippen LogP contribution in [0.2, 0.25) is 0 Å². The molecule has 18 heavy (non-hydrogen) atoms. The minimum Gasteiger partial charge on any atom is -0.508 e. The first-order chi connectivity index (χ1) is 7.88. The van der Waals surface area contributed by atoms with Gasteiger partial charge in [0.25, 0.3) is 0 Å². The van der Waals surface area contributed by atoms with Gasteiger partial charge >= 0.3 is 0 Å². The summed E-state index contributed by atoms with van der Waals surface area (Å²) in [6.07, 6.45) is 0. The average Bonchev–Trinajstić information content (AvgIpc) is 2.26. The van der Waals surface area contributed by atoms with E-state index in [9.17, 15) is 5.11 Å². The van der Waals surface area contributed by atoms with Crippen molar-refractivity contribution in [2.45, 2.75) is 26.8 Å². The van der Waals surface area contributed by atoms with E-state index in [1.165, 1.54) is 0 Å². The number of phenols is 1. The molecule has 0 saturated carbocycles. The zero-order chi connectivity index (χ0) is 12.6. The molecule has 1 atom stereocenters. The largest absolute Gasteiger partial charge is 0.508 e. The summed E-state index contributed by atoms with van der Waals surface area (Å²) in [6.45, 7) is 6.41. The smallest absolute Gasteiger partial charge is 0.116 e. The second-order valence-corrected chi connectivity index (χ2v) is 5.63. The third-order valence-electron chi connectivity index (χ3n) is 3.14. The Balaban J connectivity index is 0.00000162. The molecular formula is C15H20ClNO. The van der Waals surface area contributed by atoms with Gasteiger partial charge in [-0.1, -0.05) is 39.0 Å². The molecule has 0 fully saturated rings. The molecule has 0 amide bonds. The fourth-order valence-electron chi connectivity index (χ4n) is 1.95.